The zero-order chi connectivity index (χ0) is 19.2. The number of hydrogen-bond donors (Lipinski definition) is 1. The molecule has 3 rings (SSSR count). The van der Waals surface area contributed by atoms with Crippen LogP contribution in [0.5, 0.6) is 0 Å². The van der Waals surface area contributed by atoms with Crippen molar-refractivity contribution in [2.24, 2.45) is 5.92 Å². The third-order valence-corrected chi connectivity index (χ3v) is 4.70. The first-order valence-electron chi connectivity index (χ1n) is 9.01. The molecule has 0 saturated carbocycles. The Hall–Kier alpha value is -2.92. The van der Waals surface area contributed by atoms with E-state index in [0.29, 0.717) is 6.42 Å². The molecular weight excluding hydrogens is 342 g/mol. The van der Waals surface area contributed by atoms with E-state index in [1.807, 2.05) is 60.7 Å². The molecule has 0 radical (unpaired) electrons. The Bertz CT molecular complexity index is 804. The quantitative estimate of drug-likeness (QED) is 0.853. The van der Waals surface area contributed by atoms with E-state index in [1.165, 1.54) is 0 Å². The van der Waals surface area contributed by atoms with E-state index in [1.54, 1.807) is 19.1 Å². The maximum atomic E-state index is 12.8. The standard InChI is InChI=1S/C22H23NO4/c1-16(20(24)13-12-17-8-4-2-5-9-17)21(25)23-19(15-27-22(23)26)14-18-10-6-3-7-11-18/h2-13,16,19-20,24H,14-15H2,1H3/b13-12+/t16-,19?,20-/m0/s1. The van der Waals surface area contributed by atoms with Crippen LogP contribution in [0.2, 0.25) is 0 Å². The summed E-state index contributed by atoms with van der Waals surface area (Å²) in [5, 5.41) is 10.4. The van der Waals surface area contributed by atoms with E-state index in [-0.39, 0.29) is 12.6 Å². The third-order valence-electron chi connectivity index (χ3n) is 4.70. The van der Waals surface area contributed by atoms with Crippen molar-refractivity contribution in [3.8, 4) is 0 Å². The summed E-state index contributed by atoms with van der Waals surface area (Å²) in [6.45, 7) is 1.79. The number of nitrogens with zero attached hydrogens (tertiary/aromatic N) is 1. The predicted molar refractivity (Wildman–Crippen MR) is 103 cm³/mol. The molecule has 1 aliphatic rings. The van der Waals surface area contributed by atoms with Gasteiger partial charge in [-0.15, -0.1) is 0 Å². The molecular formula is C22H23NO4. The van der Waals surface area contributed by atoms with Gasteiger partial charge in [-0.05, 0) is 17.5 Å². The van der Waals surface area contributed by atoms with Crippen molar-refractivity contribution in [1.29, 1.82) is 0 Å². The van der Waals surface area contributed by atoms with Crippen LogP contribution in [0.3, 0.4) is 0 Å². The van der Waals surface area contributed by atoms with E-state index in [9.17, 15) is 14.7 Å². The Morgan fingerprint density at radius 3 is 2.48 bits per heavy atom. The van der Waals surface area contributed by atoms with Crippen molar-refractivity contribution < 1.29 is 19.4 Å². The molecule has 5 heteroatoms. The zero-order valence-electron chi connectivity index (χ0n) is 15.2. The van der Waals surface area contributed by atoms with Crippen LogP contribution in [0.4, 0.5) is 4.79 Å². The molecule has 140 valence electrons. The number of amides is 2. The van der Waals surface area contributed by atoms with Gasteiger partial charge in [0.25, 0.3) is 0 Å². The highest BCUT2D eigenvalue weighted by Gasteiger charge is 2.40. The summed E-state index contributed by atoms with van der Waals surface area (Å²) >= 11 is 0. The van der Waals surface area contributed by atoms with Gasteiger partial charge < -0.3 is 9.84 Å². The first kappa shape index (κ1) is 18.9. The highest BCUT2D eigenvalue weighted by atomic mass is 16.6. The van der Waals surface area contributed by atoms with Crippen LogP contribution < -0.4 is 0 Å². The number of aliphatic hydroxyl groups is 1. The number of aliphatic hydroxyl groups excluding tert-OH is 1. The van der Waals surface area contributed by atoms with Gasteiger partial charge in [-0.25, -0.2) is 9.69 Å². The molecule has 5 nitrogen and oxygen atoms in total. The lowest BCUT2D eigenvalue weighted by atomic mass is 9.99. The molecule has 1 fully saturated rings. The van der Waals surface area contributed by atoms with Crippen molar-refractivity contribution in [2.75, 3.05) is 6.61 Å². The maximum Gasteiger partial charge on any atom is 0.416 e. The minimum absolute atomic E-state index is 0.169. The van der Waals surface area contributed by atoms with Crippen LogP contribution in [-0.4, -0.2) is 40.8 Å². The molecule has 27 heavy (non-hydrogen) atoms. The summed E-state index contributed by atoms with van der Waals surface area (Å²) in [4.78, 5) is 26.1. The largest absolute Gasteiger partial charge is 0.447 e. The fourth-order valence-corrected chi connectivity index (χ4v) is 3.07. The van der Waals surface area contributed by atoms with Gasteiger partial charge >= 0.3 is 6.09 Å². The number of carbonyl (C=O) groups is 2. The van der Waals surface area contributed by atoms with Crippen LogP contribution in [0.25, 0.3) is 6.08 Å². The zero-order valence-corrected chi connectivity index (χ0v) is 15.2. The van der Waals surface area contributed by atoms with Gasteiger partial charge in [0.2, 0.25) is 5.91 Å². The van der Waals surface area contributed by atoms with Crippen LogP contribution in [0.1, 0.15) is 18.1 Å². The molecule has 0 aromatic heterocycles. The molecule has 2 amide bonds. The molecule has 3 atom stereocenters. The fourth-order valence-electron chi connectivity index (χ4n) is 3.07. The smallest absolute Gasteiger partial charge is 0.416 e. The molecule has 1 unspecified atom stereocenters. The predicted octanol–water partition coefficient (Wildman–Crippen LogP) is 3.29. The maximum absolute atomic E-state index is 12.8. The third kappa shape index (κ3) is 4.63. The lowest BCUT2D eigenvalue weighted by Crippen LogP contribution is -2.45. The van der Waals surface area contributed by atoms with Crippen molar-refractivity contribution in [3.63, 3.8) is 0 Å². The van der Waals surface area contributed by atoms with Crippen LogP contribution in [0.15, 0.2) is 66.7 Å². The minimum Gasteiger partial charge on any atom is -0.447 e. The molecule has 1 N–H and O–H groups in total. The fraction of sp³-hybridized carbons (Fsp3) is 0.273. The Balaban J connectivity index is 1.68. The van der Waals surface area contributed by atoms with Gasteiger partial charge in [-0.1, -0.05) is 79.7 Å². The molecule has 2 aromatic rings. The number of rotatable bonds is 6. The highest BCUT2D eigenvalue weighted by molar-refractivity contribution is 5.95. The average molecular weight is 365 g/mol. The number of imide groups is 1. The Kier molecular flexibility index (Phi) is 6.04. The van der Waals surface area contributed by atoms with Crippen molar-refractivity contribution >= 4 is 18.1 Å². The Morgan fingerprint density at radius 2 is 1.81 bits per heavy atom. The van der Waals surface area contributed by atoms with Gasteiger partial charge in [-0.2, -0.15) is 0 Å². The number of carbonyl (C=O) groups excluding carboxylic acids is 2. The normalized spacial score (nSPS) is 19.1. The van der Waals surface area contributed by atoms with Crippen molar-refractivity contribution in [3.05, 3.63) is 77.9 Å². The van der Waals surface area contributed by atoms with Gasteiger partial charge in [0.15, 0.2) is 0 Å². The molecule has 1 aliphatic heterocycles. The summed E-state index contributed by atoms with van der Waals surface area (Å²) in [6, 6.07) is 18.8. The van der Waals surface area contributed by atoms with Crippen molar-refractivity contribution in [1.82, 2.24) is 4.90 Å². The van der Waals surface area contributed by atoms with E-state index < -0.39 is 24.0 Å². The SMILES string of the molecule is C[C@H](C(=O)N1C(=O)OCC1Cc1ccccc1)[C@@H](O)/C=C/c1ccccc1. The first-order valence-corrected chi connectivity index (χ1v) is 9.01. The number of hydrogen-bond acceptors (Lipinski definition) is 4. The second-order valence-corrected chi connectivity index (χ2v) is 6.68. The summed E-state index contributed by atoms with van der Waals surface area (Å²) < 4.78 is 5.10. The topological polar surface area (TPSA) is 66.8 Å². The molecule has 2 aromatic carbocycles. The van der Waals surface area contributed by atoms with Gasteiger partial charge in [-0.3, -0.25) is 4.79 Å². The summed E-state index contributed by atoms with van der Waals surface area (Å²) in [5.41, 5.74) is 1.95. The molecule has 1 heterocycles. The van der Waals surface area contributed by atoms with Crippen molar-refractivity contribution in [2.45, 2.75) is 25.5 Å². The Labute approximate surface area is 158 Å². The molecule has 0 spiro atoms. The van der Waals surface area contributed by atoms with Crippen LogP contribution >= 0.6 is 0 Å². The van der Waals surface area contributed by atoms with E-state index in [2.05, 4.69) is 0 Å². The number of ether oxygens (including phenoxy) is 1. The summed E-state index contributed by atoms with van der Waals surface area (Å²) in [6.07, 6.45) is 2.22. The minimum atomic E-state index is -0.997. The van der Waals surface area contributed by atoms with E-state index in [0.717, 1.165) is 16.0 Å². The summed E-state index contributed by atoms with van der Waals surface area (Å²) in [7, 11) is 0. The lowest BCUT2D eigenvalue weighted by Gasteiger charge is -2.24. The first-order chi connectivity index (χ1) is 13.1. The molecule has 0 aliphatic carbocycles. The lowest BCUT2D eigenvalue weighted by molar-refractivity contribution is -0.135. The van der Waals surface area contributed by atoms with Gasteiger partial charge in [0.1, 0.15) is 6.61 Å². The highest BCUT2D eigenvalue weighted by Crippen LogP contribution is 2.21. The summed E-state index contributed by atoms with van der Waals surface area (Å²) in [5.74, 6) is -1.18. The second-order valence-electron chi connectivity index (χ2n) is 6.68. The van der Waals surface area contributed by atoms with Gasteiger partial charge in [0.05, 0.1) is 18.1 Å². The average Bonchev–Trinajstić information content (AvgIpc) is 3.06. The van der Waals surface area contributed by atoms with E-state index in [4.69, 9.17) is 4.74 Å². The van der Waals surface area contributed by atoms with Crippen LogP contribution in [0, 0.1) is 5.92 Å². The second kappa shape index (κ2) is 8.64. The van der Waals surface area contributed by atoms with E-state index >= 15 is 0 Å². The molecule has 0 bridgehead atoms. The monoisotopic (exact) mass is 365 g/mol. The number of benzene rings is 2. The van der Waals surface area contributed by atoms with Crippen LogP contribution in [-0.2, 0) is 16.0 Å². The number of cyclic esters (lactones) is 1. The van der Waals surface area contributed by atoms with Gasteiger partial charge in [0, 0.05) is 0 Å². The molecule has 1 saturated heterocycles. The Morgan fingerprint density at radius 1 is 1.19 bits per heavy atom.